The first-order chi connectivity index (χ1) is 11.5. The number of benzene rings is 1. The predicted molar refractivity (Wildman–Crippen MR) is 110 cm³/mol. The molecule has 0 saturated heterocycles. The van der Waals surface area contributed by atoms with Crippen molar-refractivity contribution in [2.45, 2.75) is 25.8 Å². The fourth-order valence-electron chi connectivity index (χ4n) is 2.88. The van der Waals surface area contributed by atoms with Crippen LogP contribution in [-0.4, -0.2) is 36.0 Å². The van der Waals surface area contributed by atoms with Crippen molar-refractivity contribution in [3.63, 3.8) is 0 Å². The average molecular weight is 429 g/mol. The second kappa shape index (κ2) is 10.00. The van der Waals surface area contributed by atoms with Gasteiger partial charge in [0.25, 0.3) is 5.91 Å². The molecule has 1 aromatic heterocycles. The Labute approximate surface area is 165 Å². The van der Waals surface area contributed by atoms with Gasteiger partial charge in [-0.2, -0.15) is 0 Å². The van der Waals surface area contributed by atoms with Crippen LogP contribution in [0, 0.1) is 0 Å². The summed E-state index contributed by atoms with van der Waals surface area (Å²) in [7, 11) is 6.07. The summed E-state index contributed by atoms with van der Waals surface area (Å²) < 4.78 is 3.06. The van der Waals surface area contributed by atoms with Crippen molar-refractivity contribution < 1.29 is 4.79 Å². The van der Waals surface area contributed by atoms with Gasteiger partial charge in [0.15, 0.2) is 0 Å². The van der Waals surface area contributed by atoms with Crippen LogP contribution in [0.15, 0.2) is 40.9 Å². The molecule has 0 fully saturated rings. The highest BCUT2D eigenvalue weighted by Crippen LogP contribution is 2.28. The van der Waals surface area contributed by atoms with Crippen LogP contribution in [0.2, 0.25) is 0 Å². The Balaban J connectivity index is 0.00000312. The number of rotatable bonds is 7. The number of unbranched alkanes of at least 4 members (excludes halogenated alkanes) is 1. The van der Waals surface area contributed by atoms with E-state index in [4.69, 9.17) is 0 Å². The minimum absolute atomic E-state index is 0. The zero-order valence-corrected chi connectivity index (χ0v) is 17.7. The Morgan fingerprint density at radius 1 is 1.20 bits per heavy atom. The predicted octanol–water partition coefficient (Wildman–Crippen LogP) is 4.39. The number of aromatic nitrogens is 1. The second-order valence-electron chi connectivity index (χ2n) is 6.23. The summed E-state index contributed by atoms with van der Waals surface area (Å²) in [5.41, 5.74) is 3.00. The number of halogens is 2. The van der Waals surface area contributed by atoms with E-state index in [1.807, 2.05) is 35.9 Å². The summed E-state index contributed by atoms with van der Waals surface area (Å²) in [4.78, 5) is 14.5. The first-order valence-corrected chi connectivity index (χ1v) is 9.10. The van der Waals surface area contributed by atoms with E-state index in [0.29, 0.717) is 5.69 Å². The summed E-state index contributed by atoms with van der Waals surface area (Å²) in [6.07, 6.45) is 2.08. The van der Waals surface area contributed by atoms with Crippen LogP contribution in [0.5, 0.6) is 0 Å². The summed E-state index contributed by atoms with van der Waals surface area (Å²) >= 11 is 3.48. The fraction of sp³-hybridized carbons (Fsp3) is 0.421. The third-order valence-electron chi connectivity index (χ3n) is 4.19. The van der Waals surface area contributed by atoms with Crippen molar-refractivity contribution in [1.82, 2.24) is 14.8 Å². The van der Waals surface area contributed by atoms with E-state index in [1.165, 1.54) is 5.56 Å². The minimum atomic E-state index is -0.00878. The molecule has 1 unspecified atom stereocenters. The molecular formula is C19H27BrClN3O. The average Bonchev–Trinajstić information content (AvgIpc) is 2.91. The maximum Gasteiger partial charge on any atom is 0.267 e. The lowest BCUT2D eigenvalue weighted by Gasteiger charge is -2.26. The largest absolute Gasteiger partial charge is 0.351 e. The molecule has 1 heterocycles. The monoisotopic (exact) mass is 427 g/mol. The summed E-state index contributed by atoms with van der Waals surface area (Å²) in [5.74, 6) is -0.00878. The first kappa shape index (κ1) is 21.7. The van der Waals surface area contributed by atoms with E-state index in [-0.39, 0.29) is 24.4 Å². The van der Waals surface area contributed by atoms with Gasteiger partial charge in [0.05, 0.1) is 6.04 Å². The molecule has 0 aliphatic heterocycles. The number of nitrogens with one attached hydrogen (secondary N) is 1. The fourth-order valence-corrected chi connectivity index (χ4v) is 3.14. The van der Waals surface area contributed by atoms with Crippen molar-refractivity contribution in [2.75, 3.05) is 20.6 Å². The summed E-state index contributed by atoms with van der Waals surface area (Å²) in [6.45, 7) is 2.84. The second-order valence-corrected chi connectivity index (χ2v) is 7.15. The first-order valence-electron chi connectivity index (χ1n) is 8.31. The summed E-state index contributed by atoms with van der Waals surface area (Å²) in [5, 5.41) is 2.99. The van der Waals surface area contributed by atoms with Crippen molar-refractivity contribution in [1.29, 1.82) is 0 Å². The Bertz CT molecular complexity index is 682. The van der Waals surface area contributed by atoms with Gasteiger partial charge in [-0.1, -0.05) is 41.4 Å². The molecule has 2 rings (SSSR count). The maximum absolute atomic E-state index is 12.4. The molecular weight excluding hydrogens is 402 g/mol. The molecule has 2 aromatic rings. The van der Waals surface area contributed by atoms with Crippen LogP contribution in [0.4, 0.5) is 0 Å². The molecule has 0 saturated carbocycles. The third kappa shape index (κ3) is 5.33. The zero-order valence-electron chi connectivity index (χ0n) is 15.3. The lowest BCUT2D eigenvalue weighted by atomic mass is 10.0. The van der Waals surface area contributed by atoms with Crippen LogP contribution in [0.1, 0.15) is 47.6 Å². The quantitative estimate of drug-likeness (QED) is 0.664. The highest BCUT2D eigenvalue weighted by Gasteiger charge is 2.22. The van der Waals surface area contributed by atoms with Crippen LogP contribution >= 0.6 is 28.3 Å². The number of hydrogen-bond acceptors (Lipinski definition) is 2. The van der Waals surface area contributed by atoms with E-state index in [1.54, 1.807) is 0 Å². The molecule has 0 spiro atoms. The molecule has 25 heavy (non-hydrogen) atoms. The van der Waals surface area contributed by atoms with Crippen LogP contribution in [0.3, 0.4) is 0 Å². The number of hydrogen-bond donors (Lipinski definition) is 1. The van der Waals surface area contributed by atoms with Gasteiger partial charge in [0.2, 0.25) is 0 Å². The molecule has 1 aromatic carbocycles. The number of carbonyl (C=O) groups is 1. The van der Waals surface area contributed by atoms with Crippen molar-refractivity contribution >= 4 is 34.2 Å². The lowest BCUT2D eigenvalue weighted by molar-refractivity contribution is 0.0944. The van der Waals surface area contributed by atoms with Gasteiger partial charge in [-0.25, -0.2) is 0 Å². The molecule has 0 radical (unpaired) electrons. The Morgan fingerprint density at radius 2 is 1.84 bits per heavy atom. The van der Waals surface area contributed by atoms with E-state index >= 15 is 0 Å². The molecule has 1 amide bonds. The maximum atomic E-state index is 12.4. The lowest BCUT2D eigenvalue weighted by Crippen LogP contribution is -2.28. The van der Waals surface area contributed by atoms with Gasteiger partial charge in [0.1, 0.15) is 5.69 Å². The zero-order chi connectivity index (χ0) is 17.7. The highest BCUT2D eigenvalue weighted by molar-refractivity contribution is 9.10. The third-order valence-corrected chi connectivity index (χ3v) is 4.72. The molecule has 0 aliphatic rings. The molecule has 4 nitrogen and oxygen atoms in total. The molecule has 1 atom stereocenters. The van der Waals surface area contributed by atoms with Crippen LogP contribution in [-0.2, 0) is 7.05 Å². The van der Waals surface area contributed by atoms with Crippen molar-refractivity contribution in [3.8, 4) is 0 Å². The van der Waals surface area contributed by atoms with Crippen LogP contribution < -0.4 is 5.32 Å². The minimum Gasteiger partial charge on any atom is -0.351 e. The van der Waals surface area contributed by atoms with Crippen LogP contribution in [0.25, 0.3) is 0 Å². The smallest absolute Gasteiger partial charge is 0.267 e. The standard InChI is InChI=1S/C19H26BrN3O.ClH/c1-5-6-13-21-19(24)17-12-11-16(23(17)4)18(22(2)3)14-7-9-15(20)10-8-14;/h7-12,18H,5-6,13H2,1-4H3,(H,21,24);1H. The number of carbonyl (C=O) groups excluding carboxylic acids is 1. The van der Waals surface area contributed by atoms with Gasteiger partial charge in [-0.3, -0.25) is 9.69 Å². The van der Waals surface area contributed by atoms with E-state index in [9.17, 15) is 4.79 Å². The Kier molecular flexibility index (Phi) is 8.69. The van der Waals surface area contributed by atoms with Gasteiger partial charge in [-0.05, 0) is 50.3 Å². The van der Waals surface area contributed by atoms with Crippen molar-refractivity contribution in [2.24, 2.45) is 7.05 Å². The molecule has 1 N–H and O–H groups in total. The Hall–Kier alpha value is -1.30. The summed E-state index contributed by atoms with van der Waals surface area (Å²) in [6, 6.07) is 12.4. The normalized spacial score (nSPS) is 11.9. The highest BCUT2D eigenvalue weighted by atomic mass is 79.9. The molecule has 0 aliphatic carbocycles. The number of nitrogens with zero attached hydrogens (tertiary/aromatic N) is 2. The van der Waals surface area contributed by atoms with E-state index in [0.717, 1.165) is 29.6 Å². The van der Waals surface area contributed by atoms with E-state index in [2.05, 4.69) is 59.3 Å². The molecule has 0 bridgehead atoms. The molecule has 138 valence electrons. The topological polar surface area (TPSA) is 37.3 Å². The number of amides is 1. The SMILES string of the molecule is CCCCNC(=O)c1ccc(C(c2ccc(Br)cc2)N(C)C)n1C.Cl. The van der Waals surface area contributed by atoms with Gasteiger partial charge >= 0.3 is 0 Å². The van der Waals surface area contributed by atoms with Gasteiger partial charge < -0.3 is 9.88 Å². The van der Waals surface area contributed by atoms with Crippen molar-refractivity contribution in [3.05, 3.63) is 57.8 Å². The molecule has 6 heteroatoms. The van der Waals surface area contributed by atoms with Gasteiger partial charge in [0, 0.05) is 23.8 Å². The van der Waals surface area contributed by atoms with E-state index < -0.39 is 0 Å². The Morgan fingerprint density at radius 3 is 2.40 bits per heavy atom. The van der Waals surface area contributed by atoms with Gasteiger partial charge in [-0.15, -0.1) is 12.4 Å².